The van der Waals surface area contributed by atoms with E-state index in [9.17, 15) is 0 Å². The predicted octanol–water partition coefficient (Wildman–Crippen LogP) is 3.10. The Balaban J connectivity index is 2.53. The van der Waals surface area contributed by atoms with Crippen LogP contribution in [0.25, 0.3) is 11.5 Å². The van der Waals surface area contributed by atoms with Crippen molar-refractivity contribution in [3.63, 3.8) is 0 Å². The van der Waals surface area contributed by atoms with E-state index in [0.29, 0.717) is 5.89 Å². The number of hydrogen-bond acceptors (Lipinski definition) is 3. The van der Waals surface area contributed by atoms with Crippen LogP contribution in [0.2, 0.25) is 0 Å². The van der Waals surface area contributed by atoms with Crippen molar-refractivity contribution in [3.05, 3.63) is 32.6 Å². The highest BCUT2D eigenvalue weighted by Gasteiger charge is 2.04. The lowest BCUT2D eigenvalue weighted by molar-refractivity contribution is 0.568. The number of aromatic nitrogens is 2. The molecule has 0 atom stereocenters. The zero-order valence-electron chi connectivity index (χ0n) is 6.37. The van der Waals surface area contributed by atoms with E-state index in [0.717, 1.165) is 13.6 Å². The van der Waals surface area contributed by atoms with Crippen molar-refractivity contribution < 1.29 is 4.42 Å². The maximum Gasteiger partial charge on any atom is 0.247 e. The number of halogens is 2. The number of benzene rings is 1. The Bertz CT molecular complexity index is 396. The summed E-state index contributed by atoms with van der Waals surface area (Å²) in [6.45, 7) is 0. The van der Waals surface area contributed by atoms with Crippen LogP contribution in [0.4, 0.5) is 0 Å². The van der Waals surface area contributed by atoms with Crippen LogP contribution >= 0.6 is 38.5 Å². The van der Waals surface area contributed by atoms with Crippen molar-refractivity contribution in [3.8, 4) is 11.5 Å². The standard InChI is InChI=1S/C8H4BrIN2O/c9-6-1-5(2-7(10)3-6)8-12-11-4-13-8/h1-4H. The smallest absolute Gasteiger partial charge is 0.247 e. The molecule has 5 heteroatoms. The van der Waals surface area contributed by atoms with Crippen LogP contribution in [-0.2, 0) is 0 Å². The van der Waals surface area contributed by atoms with Gasteiger partial charge in [-0.1, -0.05) is 15.9 Å². The molecule has 0 N–H and O–H groups in total. The van der Waals surface area contributed by atoms with Crippen LogP contribution in [0.3, 0.4) is 0 Å². The van der Waals surface area contributed by atoms with E-state index >= 15 is 0 Å². The first kappa shape index (κ1) is 9.14. The van der Waals surface area contributed by atoms with Crippen LogP contribution < -0.4 is 0 Å². The monoisotopic (exact) mass is 350 g/mol. The molecule has 0 aliphatic heterocycles. The van der Waals surface area contributed by atoms with Crippen molar-refractivity contribution in [2.75, 3.05) is 0 Å². The lowest BCUT2D eigenvalue weighted by Crippen LogP contribution is -1.80. The topological polar surface area (TPSA) is 38.9 Å². The molecule has 0 aliphatic carbocycles. The summed E-state index contributed by atoms with van der Waals surface area (Å²) in [7, 11) is 0. The highest BCUT2D eigenvalue weighted by atomic mass is 127. The van der Waals surface area contributed by atoms with Gasteiger partial charge in [0.2, 0.25) is 12.3 Å². The molecule has 1 heterocycles. The fourth-order valence-corrected chi connectivity index (χ4v) is 2.57. The van der Waals surface area contributed by atoms with E-state index < -0.39 is 0 Å². The Kier molecular flexibility index (Phi) is 2.63. The van der Waals surface area contributed by atoms with Gasteiger partial charge in [-0.05, 0) is 40.8 Å². The van der Waals surface area contributed by atoms with E-state index in [4.69, 9.17) is 4.42 Å². The number of hydrogen-bond donors (Lipinski definition) is 0. The lowest BCUT2D eigenvalue weighted by atomic mass is 10.2. The minimum Gasteiger partial charge on any atom is -0.423 e. The van der Waals surface area contributed by atoms with Gasteiger partial charge in [-0.2, -0.15) is 0 Å². The summed E-state index contributed by atoms with van der Waals surface area (Å²) in [5.74, 6) is 0.541. The summed E-state index contributed by atoms with van der Waals surface area (Å²) in [6.07, 6.45) is 1.32. The summed E-state index contributed by atoms with van der Waals surface area (Å²) >= 11 is 5.64. The number of nitrogens with zero attached hydrogens (tertiary/aromatic N) is 2. The Hall–Kier alpha value is -0.430. The van der Waals surface area contributed by atoms with E-state index in [-0.39, 0.29) is 0 Å². The van der Waals surface area contributed by atoms with Crippen molar-refractivity contribution in [2.45, 2.75) is 0 Å². The van der Waals surface area contributed by atoms with Gasteiger partial charge >= 0.3 is 0 Å². The van der Waals surface area contributed by atoms with E-state index in [2.05, 4.69) is 48.7 Å². The second-order valence-corrected chi connectivity index (χ2v) is 4.56. The van der Waals surface area contributed by atoms with Gasteiger partial charge in [-0.25, -0.2) is 0 Å². The first-order chi connectivity index (χ1) is 6.25. The first-order valence-corrected chi connectivity index (χ1v) is 5.35. The van der Waals surface area contributed by atoms with Gasteiger partial charge in [-0.3, -0.25) is 0 Å². The maximum atomic E-state index is 5.08. The second kappa shape index (κ2) is 3.75. The van der Waals surface area contributed by atoms with Gasteiger partial charge in [0.05, 0.1) is 0 Å². The third-order valence-corrected chi connectivity index (χ3v) is 2.55. The van der Waals surface area contributed by atoms with Crippen LogP contribution in [0.15, 0.2) is 33.5 Å². The summed E-state index contributed by atoms with van der Waals surface area (Å²) in [5.41, 5.74) is 0.927. The molecule has 1 aromatic carbocycles. The fourth-order valence-electron chi connectivity index (χ4n) is 0.976. The van der Waals surface area contributed by atoms with Crippen molar-refractivity contribution in [1.82, 2.24) is 10.2 Å². The molecule has 2 rings (SSSR count). The van der Waals surface area contributed by atoms with Gasteiger partial charge in [0, 0.05) is 13.6 Å². The van der Waals surface area contributed by atoms with Crippen LogP contribution in [0, 0.1) is 3.57 Å². The number of rotatable bonds is 1. The molecule has 1 aromatic heterocycles. The Morgan fingerprint density at radius 2 is 2.15 bits per heavy atom. The van der Waals surface area contributed by atoms with Crippen molar-refractivity contribution >= 4 is 38.5 Å². The van der Waals surface area contributed by atoms with Crippen LogP contribution in [0.5, 0.6) is 0 Å². The molecule has 2 aromatic rings. The van der Waals surface area contributed by atoms with E-state index in [1.54, 1.807) is 0 Å². The van der Waals surface area contributed by atoms with Gasteiger partial charge in [0.25, 0.3) is 0 Å². The average Bonchev–Trinajstić information content (AvgIpc) is 2.53. The minimum atomic E-state index is 0.541. The molecule has 0 amide bonds. The lowest BCUT2D eigenvalue weighted by Gasteiger charge is -1.97. The fraction of sp³-hybridized carbons (Fsp3) is 0. The van der Waals surface area contributed by atoms with E-state index in [1.807, 2.05) is 18.2 Å². The molecule has 0 aliphatic rings. The molecule has 0 spiro atoms. The highest BCUT2D eigenvalue weighted by molar-refractivity contribution is 14.1. The second-order valence-electron chi connectivity index (χ2n) is 2.40. The molecular formula is C8H4BrIN2O. The molecular weight excluding hydrogens is 347 g/mol. The van der Waals surface area contributed by atoms with Crippen molar-refractivity contribution in [1.29, 1.82) is 0 Å². The van der Waals surface area contributed by atoms with Crippen LogP contribution in [-0.4, -0.2) is 10.2 Å². The Morgan fingerprint density at radius 3 is 2.77 bits per heavy atom. The summed E-state index contributed by atoms with van der Waals surface area (Å²) in [4.78, 5) is 0. The minimum absolute atomic E-state index is 0.541. The normalized spacial score (nSPS) is 10.3. The maximum absolute atomic E-state index is 5.08. The first-order valence-electron chi connectivity index (χ1n) is 3.48. The predicted molar refractivity (Wildman–Crippen MR) is 60.2 cm³/mol. The highest BCUT2D eigenvalue weighted by Crippen LogP contribution is 2.24. The summed E-state index contributed by atoms with van der Waals surface area (Å²) in [5, 5.41) is 7.45. The SMILES string of the molecule is Brc1cc(I)cc(-c2nnco2)c1. The van der Waals surface area contributed by atoms with Gasteiger partial charge in [-0.15, -0.1) is 10.2 Å². The molecule has 13 heavy (non-hydrogen) atoms. The molecule has 0 unspecified atom stereocenters. The average molecular weight is 351 g/mol. The molecule has 3 nitrogen and oxygen atoms in total. The summed E-state index contributed by atoms with van der Waals surface area (Å²) < 4.78 is 7.22. The molecule has 0 fully saturated rings. The Labute approximate surface area is 96.8 Å². The molecule has 0 radical (unpaired) electrons. The quantitative estimate of drug-likeness (QED) is 0.742. The molecule has 0 saturated carbocycles. The van der Waals surface area contributed by atoms with E-state index in [1.165, 1.54) is 6.39 Å². The van der Waals surface area contributed by atoms with Crippen LogP contribution in [0.1, 0.15) is 0 Å². The largest absolute Gasteiger partial charge is 0.423 e. The summed E-state index contributed by atoms with van der Waals surface area (Å²) in [6, 6.07) is 5.94. The van der Waals surface area contributed by atoms with Gasteiger partial charge in [0.1, 0.15) is 0 Å². The third kappa shape index (κ3) is 2.08. The third-order valence-electron chi connectivity index (χ3n) is 1.47. The molecule has 0 saturated heterocycles. The molecule has 0 bridgehead atoms. The molecule has 66 valence electrons. The van der Waals surface area contributed by atoms with Gasteiger partial charge < -0.3 is 4.42 Å². The zero-order chi connectivity index (χ0) is 9.26. The zero-order valence-corrected chi connectivity index (χ0v) is 10.1. The Morgan fingerprint density at radius 1 is 1.31 bits per heavy atom. The van der Waals surface area contributed by atoms with Gasteiger partial charge in [0.15, 0.2) is 0 Å². The van der Waals surface area contributed by atoms with Crippen molar-refractivity contribution in [2.24, 2.45) is 0 Å².